The van der Waals surface area contributed by atoms with Crippen LogP contribution in [-0.4, -0.2) is 11.8 Å². The predicted molar refractivity (Wildman–Crippen MR) is 118 cm³/mol. The largest absolute Gasteiger partial charge is 0.274 e. The highest BCUT2D eigenvalue weighted by Gasteiger charge is 2.55. The van der Waals surface area contributed by atoms with Gasteiger partial charge in [0, 0.05) is 11.8 Å². The van der Waals surface area contributed by atoms with Gasteiger partial charge in [-0.25, -0.2) is 4.90 Å². The van der Waals surface area contributed by atoms with E-state index < -0.39 is 11.8 Å². The summed E-state index contributed by atoms with van der Waals surface area (Å²) in [7, 11) is 0. The highest BCUT2D eigenvalue weighted by molar-refractivity contribution is 6.36. The first kappa shape index (κ1) is 18.8. The van der Waals surface area contributed by atoms with E-state index in [2.05, 4.69) is 12.2 Å². The number of allylic oxidation sites excluding steroid dienone is 2. The zero-order chi connectivity index (χ0) is 20.7. The highest BCUT2D eigenvalue weighted by Crippen LogP contribution is 2.50. The molecule has 1 aliphatic heterocycles. The zero-order valence-corrected chi connectivity index (χ0v) is 16.9. The van der Waals surface area contributed by atoms with E-state index in [-0.39, 0.29) is 23.7 Å². The van der Waals surface area contributed by atoms with Gasteiger partial charge >= 0.3 is 0 Å². The molecule has 5 rings (SSSR count). The van der Waals surface area contributed by atoms with Crippen molar-refractivity contribution >= 4 is 29.1 Å². The molecular weight excluding hydrogens is 394 g/mol. The summed E-state index contributed by atoms with van der Waals surface area (Å²) < 4.78 is 0. The van der Waals surface area contributed by atoms with E-state index in [0.717, 1.165) is 11.1 Å². The number of benzene rings is 3. The molecule has 1 heterocycles. The SMILES string of the molecule is O=C1C2C(c3ccccc3)C=CC(c3ccccc3)C2C(=O)N1c1ccccc1Cl. The molecule has 148 valence electrons. The van der Waals surface area contributed by atoms with Gasteiger partial charge in [0.1, 0.15) is 0 Å². The molecule has 0 radical (unpaired) electrons. The lowest BCUT2D eigenvalue weighted by Crippen LogP contribution is -2.31. The van der Waals surface area contributed by atoms with Crippen molar-refractivity contribution in [3.63, 3.8) is 0 Å². The molecule has 1 saturated heterocycles. The Morgan fingerprint density at radius 3 is 1.50 bits per heavy atom. The summed E-state index contributed by atoms with van der Waals surface area (Å²) in [5, 5.41) is 0.401. The minimum atomic E-state index is -0.466. The van der Waals surface area contributed by atoms with Crippen LogP contribution in [0.25, 0.3) is 0 Å². The lowest BCUT2D eigenvalue weighted by atomic mass is 9.68. The standard InChI is InChI=1S/C26H20ClNO2/c27-21-13-7-8-14-22(21)28-25(29)23-19(17-9-3-1-4-10-17)15-16-20(24(23)26(28)30)18-11-5-2-6-12-18/h1-16,19-20,23-24H. The zero-order valence-electron chi connectivity index (χ0n) is 16.2. The number of anilines is 1. The number of nitrogens with zero attached hydrogens (tertiary/aromatic N) is 1. The van der Waals surface area contributed by atoms with Crippen LogP contribution < -0.4 is 4.90 Å². The van der Waals surface area contributed by atoms with Crippen molar-refractivity contribution in [1.82, 2.24) is 0 Å². The van der Waals surface area contributed by atoms with Crippen LogP contribution in [0.1, 0.15) is 23.0 Å². The number of halogens is 1. The number of fused-ring (bicyclic) bond motifs is 1. The van der Waals surface area contributed by atoms with Gasteiger partial charge in [-0.1, -0.05) is 96.5 Å². The number of rotatable bonds is 3. The minimum Gasteiger partial charge on any atom is -0.274 e. The first-order chi connectivity index (χ1) is 14.7. The van der Waals surface area contributed by atoms with Crippen LogP contribution in [0.5, 0.6) is 0 Å². The minimum absolute atomic E-state index is 0.153. The van der Waals surface area contributed by atoms with Gasteiger partial charge < -0.3 is 0 Å². The van der Waals surface area contributed by atoms with Crippen LogP contribution in [0, 0.1) is 11.8 Å². The average Bonchev–Trinajstić information content (AvgIpc) is 3.06. The number of carbonyl (C=O) groups excluding carboxylic acids is 2. The molecule has 1 fully saturated rings. The van der Waals surface area contributed by atoms with E-state index in [0.29, 0.717) is 10.7 Å². The predicted octanol–water partition coefficient (Wildman–Crippen LogP) is 5.58. The van der Waals surface area contributed by atoms with Gasteiger partial charge in [-0.05, 0) is 23.3 Å². The van der Waals surface area contributed by atoms with Crippen LogP contribution >= 0.6 is 11.6 Å². The molecule has 4 atom stereocenters. The highest BCUT2D eigenvalue weighted by atomic mass is 35.5. The van der Waals surface area contributed by atoms with Gasteiger partial charge in [0.05, 0.1) is 22.5 Å². The molecule has 0 bridgehead atoms. The second-order valence-electron chi connectivity index (χ2n) is 7.77. The summed E-state index contributed by atoms with van der Waals surface area (Å²) >= 11 is 6.38. The Hall–Kier alpha value is -3.17. The van der Waals surface area contributed by atoms with Crippen LogP contribution in [-0.2, 0) is 9.59 Å². The third-order valence-electron chi connectivity index (χ3n) is 6.16. The van der Waals surface area contributed by atoms with E-state index in [1.807, 2.05) is 60.7 Å². The fourth-order valence-corrected chi connectivity index (χ4v) is 5.02. The molecule has 4 unspecified atom stereocenters. The number of imide groups is 1. The number of para-hydroxylation sites is 1. The Bertz CT molecular complexity index is 1060. The van der Waals surface area contributed by atoms with Gasteiger partial charge in [-0.3, -0.25) is 9.59 Å². The molecule has 0 saturated carbocycles. The third kappa shape index (κ3) is 2.98. The molecular formula is C26H20ClNO2. The molecule has 2 amide bonds. The Kier molecular flexibility index (Phi) is 4.76. The Labute approximate surface area is 180 Å². The fraction of sp³-hybridized carbons (Fsp3) is 0.154. The normalized spacial score (nSPS) is 25.4. The number of amides is 2. The smallest absolute Gasteiger partial charge is 0.238 e. The van der Waals surface area contributed by atoms with E-state index in [1.165, 1.54) is 4.90 Å². The summed E-state index contributed by atoms with van der Waals surface area (Å²) in [5.41, 5.74) is 2.54. The van der Waals surface area contributed by atoms with E-state index >= 15 is 0 Å². The van der Waals surface area contributed by atoms with Crippen LogP contribution in [0.15, 0.2) is 97.1 Å². The van der Waals surface area contributed by atoms with Crippen LogP contribution in [0.4, 0.5) is 5.69 Å². The monoisotopic (exact) mass is 413 g/mol. The maximum atomic E-state index is 13.7. The van der Waals surface area contributed by atoms with E-state index in [1.54, 1.807) is 24.3 Å². The Morgan fingerprint density at radius 1 is 0.600 bits per heavy atom. The van der Waals surface area contributed by atoms with Crippen LogP contribution in [0.2, 0.25) is 5.02 Å². The molecule has 1 aliphatic carbocycles. The lowest BCUT2D eigenvalue weighted by molar-refractivity contribution is -0.122. The molecule has 0 N–H and O–H groups in total. The number of hydrogen-bond acceptors (Lipinski definition) is 2. The molecule has 2 aliphatic rings. The van der Waals surface area contributed by atoms with E-state index in [9.17, 15) is 9.59 Å². The van der Waals surface area contributed by atoms with Gasteiger partial charge in [-0.2, -0.15) is 0 Å². The van der Waals surface area contributed by atoms with Crippen molar-refractivity contribution < 1.29 is 9.59 Å². The van der Waals surface area contributed by atoms with Crippen molar-refractivity contribution in [2.75, 3.05) is 4.90 Å². The van der Waals surface area contributed by atoms with Gasteiger partial charge in [0.25, 0.3) is 0 Å². The molecule has 30 heavy (non-hydrogen) atoms. The number of carbonyl (C=O) groups is 2. The van der Waals surface area contributed by atoms with Gasteiger partial charge in [-0.15, -0.1) is 0 Å². The van der Waals surface area contributed by atoms with Crippen molar-refractivity contribution in [1.29, 1.82) is 0 Å². The summed E-state index contributed by atoms with van der Waals surface area (Å²) in [6, 6.07) is 26.9. The fourth-order valence-electron chi connectivity index (χ4n) is 4.80. The molecule has 0 aromatic heterocycles. The molecule has 3 nitrogen and oxygen atoms in total. The molecule has 3 aromatic rings. The summed E-state index contributed by atoms with van der Waals surface area (Å²) in [6.45, 7) is 0. The molecule has 0 spiro atoms. The summed E-state index contributed by atoms with van der Waals surface area (Å²) in [4.78, 5) is 28.7. The maximum absolute atomic E-state index is 13.7. The maximum Gasteiger partial charge on any atom is 0.238 e. The summed E-state index contributed by atoms with van der Waals surface area (Å²) in [5.74, 6) is -1.60. The molecule has 4 heteroatoms. The Morgan fingerprint density at radius 2 is 1.03 bits per heavy atom. The van der Waals surface area contributed by atoms with Crippen molar-refractivity contribution in [2.24, 2.45) is 11.8 Å². The average molecular weight is 414 g/mol. The Balaban J connectivity index is 1.65. The lowest BCUT2D eigenvalue weighted by Gasteiger charge is -2.32. The van der Waals surface area contributed by atoms with Crippen LogP contribution in [0.3, 0.4) is 0 Å². The number of hydrogen-bond donors (Lipinski definition) is 0. The topological polar surface area (TPSA) is 37.4 Å². The second-order valence-corrected chi connectivity index (χ2v) is 8.18. The van der Waals surface area contributed by atoms with Crippen molar-refractivity contribution in [2.45, 2.75) is 11.8 Å². The second kappa shape index (κ2) is 7.58. The van der Waals surface area contributed by atoms with Gasteiger partial charge in [0.2, 0.25) is 11.8 Å². The third-order valence-corrected chi connectivity index (χ3v) is 6.48. The van der Waals surface area contributed by atoms with Crippen molar-refractivity contribution in [3.8, 4) is 0 Å². The van der Waals surface area contributed by atoms with Gasteiger partial charge in [0.15, 0.2) is 0 Å². The van der Waals surface area contributed by atoms with E-state index in [4.69, 9.17) is 11.6 Å². The first-order valence-corrected chi connectivity index (χ1v) is 10.4. The quantitative estimate of drug-likeness (QED) is 0.415. The first-order valence-electron chi connectivity index (χ1n) is 10.1. The summed E-state index contributed by atoms with van der Waals surface area (Å²) in [6.07, 6.45) is 4.19. The van der Waals surface area contributed by atoms with Crippen molar-refractivity contribution in [3.05, 3.63) is 113 Å². The molecule has 3 aromatic carbocycles.